The van der Waals surface area contributed by atoms with E-state index in [4.69, 9.17) is 5.26 Å². The Labute approximate surface area is 126 Å². The van der Waals surface area contributed by atoms with E-state index in [1.54, 1.807) is 24.0 Å². The van der Waals surface area contributed by atoms with E-state index in [9.17, 15) is 0 Å². The molecule has 0 saturated heterocycles. The van der Waals surface area contributed by atoms with Crippen LogP contribution in [0, 0.1) is 11.3 Å². The number of aromatic nitrogens is 5. The van der Waals surface area contributed by atoms with Crippen LogP contribution in [0.3, 0.4) is 0 Å². The fourth-order valence-corrected chi connectivity index (χ4v) is 2.72. The number of nitrogens with one attached hydrogen (secondary N) is 1. The standard InChI is InChI=1S/C13H15N7S/c14-8-12-7-10(3-4-15-12)9-21-13-17-18-19-20(13)6-5-16-11-1-2-11/h3-4,7,11,16H,1-2,5-6,9H2. The predicted molar refractivity (Wildman–Crippen MR) is 77.4 cm³/mol. The molecular formula is C13H15N7S. The summed E-state index contributed by atoms with van der Waals surface area (Å²) in [5, 5.41) is 24.9. The number of rotatable bonds is 7. The van der Waals surface area contributed by atoms with Crippen LogP contribution in [0.1, 0.15) is 24.1 Å². The lowest BCUT2D eigenvalue weighted by molar-refractivity contribution is 0.509. The number of thioether (sulfide) groups is 1. The Balaban J connectivity index is 1.54. The average Bonchev–Trinajstić information content (AvgIpc) is 3.23. The molecule has 1 saturated carbocycles. The number of nitriles is 1. The average molecular weight is 301 g/mol. The van der Waals surface area contributed by atoms with Gasteiger partial charge in [0.15, 0.2) is 0 Å². The minimum Gasteiger partial charge on any atom is -0.312 e. The lowest BCUT2D eigenvalue weighted by atomic mass is 10.2. The van der Waals surface area contributed by atoms with Gasteiger partial charge in [-0.3, -0.25) is 0 Å². The van der Waals surface area contributed by atoms with Crippen LogP contribution in [0.2, 0.25) is 0 Å². The van der Waals surface area contributed by atoms with Gasteiger partial charge >= 0.3 is 0 Å². The minimum absolute atomic E-state index is 0.432. The van der Waals surface area contributed by atoms with Crippen molar-refractivity contribution in [1.82, 2.24) is 30.5 Å². The largest absolute Gasteiger partial charge is 0.312 e. The quantitative estimate of drug-likeness (QED) is 0.762. The lowest BCUT2D eigenvalue weighted by Gasteiger charge is -2.05. The summed E-state index contributed by atoms with van der Waals surface area (Å²) < 4.78 is 1.81. The molecule has 8 heteroatoms. The number of hydrogen-bond acceptors (Lipinski definition) is 7. The molecule has 0 atom stereocenters. The maximum absolute atomic E-state index is 8.84. The van der Waals surface area contributed by atoms with Gasteiger partial charge in [0, 0.05) is 24.5 Å². The third kappa shape index (κ3) is 4.00. The Bertz CT molecular complexity index is 644. The van der Waals surface area contributed by atoms with Crippen LogP contribution in [0.5, 0.6) is 0 Å². The Morgan fingerprint density at radius 2 is 2.38 bits per heavy atom. The molecule has 1 fully saturated rings. The van der Waals surface area contributed by atoms with Gasteiger partial charge in [-0.25, -0.2) is 9.67 Å². The maximum Gasteiger partial charge on any atom is 0.209 e. The van der Waals surface area contributed by atoms with Crippen molar-refractivity contribution in [3.63, 3.8) is 0 Å². The van der Waals surface area contributed by atoms with E-state index in [-0.39, 0.29) is 0 Å². The molecule has 0 amide bonds. The molecule has 2 aromatic rings. The molecule has 1 aliphatic carbocycles. The zero-order valence-corrected chi connectivity index (χ0v) is 12.3. The number of pyridine rings is 1. The molecule has 2 aromatic heterocycles. The van der Waals surface area contributed by atoms with Crippen LogP contribution < -0.4 is 5.32 Å². The van der Waals surface area contributed by atoms with E-state index < -0.39 is 0 Å². The summed E-state index contributed by atoms with van der Waals surface area (Å²) in [5.41, 5.74) is 1.47. The molecule has 0 spiro atoms. The van der Waals surface area contributed by atoms with Gasteiger partial charge in [-0.15, -0.1) is 5.10 Å². The zero-order chi connectivity index (χ0) is 14.5. The Kier molecular flexibility index (Phi) is 4.43. The fourth-order valence-electron chi connectivity index (χ4n) is 1.88. The van der Waals surface area contributed by atoms with Crippen molar-refractivity contribution < 1.29 is 0 Å². The molecular weight excluding hydrogens is 286 g/mol. The van der Waals surface area contributed by atoms with E-state index in [1.165, 1.54) is 12.8 Å². The summed E-state index contributed by atoms with van der Waals surface area (Å²) in [6.07, 6.45) is 4.21. The predicted octanol–water partition coefficient (Wildman–Crippen LogP) is 0.984. The Morgan fingerprint density at radius 3 is 3.19 bits per heavy atom. The van der Waals surface area contributed by atoms with Crippen LogP contribution in [0.4, 0.5) is 0 Å². The highest BCUT2D eigenvalue weighted by atomic mass is 32.2. The molecule has 1 N–H and O–H groups in total. The first kappa shape index (κ1) is 14.0. The minimum atomic E-state index is 0.432. The van der Waals surface area contributed by atoms with E-state index in [0.29, 0.717) is 17.5 Å². The molecule has 0 unspecified atom stereocenters. The molecule has 0 bridgehead atoms. The first-order valence-electron chi connectivity index (χ1n) is 6.82. The van der Waals surface area contributed by atoms with Crippen LogP contribution in [0.25, 0.3) is 0 Å². The third-order valence-electron chi connectivity index (χ3n) is 3.14. The van der Waals surface area contributed by atoms with E-state index in [2.05, 4.69) is 25.8 Å². The topological polar surface area (TPSA) is 92.3 Å². The van der Waals surface area contributed by atoms with E-state index in [0.717, 1.165) is 23.8 Å². The van der Waals surface area contributed by atoms with Gasteiger partial charge < -0.3 is 5.32 Å². The van der Waals surface area contributed by atoms with Crippen LogP contribution in [-0.2, 0) is 12.3 Å². The van der Waals surface area contributed by atoms with Gasteiger partial charge in [-0.05, 0) is 41.0 Å². The summed E-state index contributed by atoms with van der Waals surface area (Å²) in [6, 6.07) is 6.42. The van der Waals surface area contributed by atoms with Gasteiger partial charge in [-0.2, -0.15) is 5.26 Å². The molecule has 0 aromatic carbocycles. The highest BCUT2D eigenvalue weighted by molar-refractivity contribution is 7.98. The van der Waals surface area contributed by atoms with Crippen molar-refractivity contribution in [2.45, 2.75) is 36.3 Å². The van der Waals surface area contributed by atoms with Crippen LogP contribution >= 0.6 is 11.8 Å². The van der Waals surface area contributed by atoms with Gasteiger partial charge in [-0.1, -0.05) is 11.8 Å². The van der Waals surface area contributed by atoms with Crippen molar-refractivity contribution in [2.75, 3.05) is 6.54 Å². The second kappa shape index (κ2) is 6.65. The van der Waals surface area contributed by atoms with Gasteiger partial charge in [0.05, 0.1) is 6.54 Å². The second-order valence-electron chi connectivity index (χ2n) is 4.86. The number of tetrazole rings is 1. The SMILES string of the molecule is N#Cc1cc(CSc2nnnn2CCNC2CC2)ccn1. The fraction of sp³-hybridized carbons (Fsp3) is 0.462. The molecule has 3 rings (SSSR count). The van der Waals surface area contributed by atoms with Crippen molar-refractivity contribution in [3.8, 4) is 6.07 Å². The van der Waals surface area contributed by atoms with Crippen molar-refractivity contribution in [1.29, 1.82) is 5.26 Å². The Hall–Kier alpha value is -1.98. The highest BCUT2D eigenvalue weighted by Crippen LogP contribution is 2.20. The molecule has 0 radical (unpaired) electrons. The Morgan fingerprint density at radius 1 is 1.48 bits per heavy atom. The van der Waals surface area contributed by atoms with Crippen molar-refractivity contribution in [3.05, 3.63) is 29.6 Å². The van der Waals surface area contributed by atoms with E-state index in [1.807, 2.05) is 16.8 Å². The molecule has 2 heterocycles. The van der Waals surface area contributed by atoms with Crippen LogP contribution in [0.15, 0.2) is 23.5 Å². The van der Waals surface area contributed by atoms with E-state index >= 15 is 0 Å². The molecule has 0 aliphatic heterocycles. The second-order valence-corrected chi connectivity index (χ2v) is 5.81. The van der Waals surface area contributed by atoms with Crippen molar-refractivity contribution in [2.24, 2.45) is 0 Å². The summed E-state index contributed by atoms with van der Waals surface area (Å²) >= 11 is 1.56. The maximum atomic E-state index is 8.84. The zero-order valence-electron chi connectivity index (χ0n) is 11.4. The molecule has 21 heavy (non-hydrogen) atoms. The summed E-state index contributed by atoms with van der Waals surface area (Å²) in [5.74, 6) is 0.716. The van der Waals surface area contributed by atoms with Gasteiger partial charge in [0.1, 0.15) is 11.8 Å². The first-order chi connectivity index (χ1) is 10.3. The number of hydrogen-bond donors (Lipinski definition) is 1. The normalized spacial score (nSPS) is 14.0. The van der Waals surface area contributed by atoms with Crippen molar-refractivity contribution >= 4 is 11.8 Å². The third-order valence-corrected chi connectivity index (χ3v) is 4.17. The molecule has 7 nitrogen and oxygen atoms in total. The first-order valence-corrected chi connectivity index (χ1v) is 7.81. The summed E-state index contributed by atoms with van der Waals surface area (Å²) in [7, 11) is 0. The van der Waals surface area contributed by atoms with Gasteiger partial charge in [0.25, 0.3) is 0 Å². The molecule has 108 valence electrons. The molecule has 1 aliphatic rings. The summed E-state index contributed by atoms with van der Waals surface area (Å²) in [4.78, 5) is 3.96. The summed E-state index contributed by atoms with van der Waals surface area (Å²) in [6.45, 7) is 1.66. The highest BCUT2D eigenvalue weighted by Gasteiger charge is 2.20. The lowest BCUT2D eigenvalue weighted by Crippen LogP contribution is -2.22. The monoisotopic (exact) mass is 301 g/mol. The smallest absolute Gasteiger partial charge is 0.209 e. The number of nitrogens with zero attached hydrogens (tertiary/aromatic N) is 6. The van der Waals surface area contributed by atoms with Crippen LogP contribution in [-0.4, -0.2) is 37.8 Å². The van der Waals surface area contributed by atoms with Gasteiger partial charge in [0.2, 0.25) is 5.16 Å².